The molecule has 0 aromatic carbocycles. The fourth-order valence-electron chi connectivity index (χ4n) is 3.40. The van der Waals surface area contributed by atoms with E-state index in [1.165, 1.54) is 20.0 Å². The van der Waals surface area contributed by atoms with E-state index in [0.29, 0.717) is 12.5 Å². The number of carbonyl (C=O) groups is 3. The minimum atomic E-state index is -0.914. The van der Waals surface area contributed by atoms with Gasteiger partial charge in [0.05, 0.1) is 7.11 Å². The average Bonchev–Trinajstić information content (AvgIpc) is 3.44. The standard InChI is InChI=1S/C21H32NO5.C2H6/c1-6-7-8-9-10-11-27-17-13-16(20(25)26-5)22(19(17)24)18(23)14-12-15(14)21(2,3)4;1-2/h12,16-17H,6-11,13H2,1-5H3;1-2H3. The van der Waals surface area contributed by atoms with Crippen LogP contribution >= 0.6 is 0 Å². The Morgan fingerprint density at radius 3 is 2.28 bits per heavy atom. The molecule has 1 fully saturated rings. The van der Waals surface area contributed by atoms with Gasteiger partial charge in [0.2, 0.25) is 5.91 Å². The molecule has 0 spiro atoms. The summed E-state index contributed by atoms with van der Waals surface area (Å²) in [7, 11) is 1.26. The van der Waals surface area contributed by atoms with Gasteiger partial charge in [-0.2, -0.15) is 0 Å². The SMILES string of the molecule is CC.CCCCCCCOC1CC(C(=O)OC)N(C(=O)[C]2C=C2C(C)(C)C)C1=O. The summed E-state index contributed by atoms with van der Waals surface area (Å²) < 4.78 is 10.5. The zero-order chi connectivity index (χ0) is 22.2. The average molecular weight is 409 g/mol. The fourth-order valence-corrected chi connectivity index (χ4v) is 3.40. The van der Waals surface area contributed by atoms with Crippen LogP contribution in [0.5, 0.6) is 0 Å². The van der Waals surface area contributed by atoms with Crippen LogP contribution < -0.4 is 0 Å². The van der Waals surface area contributed by atoms with E-state index >= 15 is 0 Å². The summed E-state index contributed by atoms with van der Waals surface area (Å²) in [6, 6.07) is -0.914. The van der Waals surface area contributed by atoms with E-state index in [1.807, 2.05) is 34.6 Å². The number of ether oxygens (including phenoxy) is 2. The maximum atomic E-state index is 12.9. The third-order valence-electron chi connectivity index (χ3n) is 5.05. The van der Waals surface area contributed by atoms with Crippen LogP contribution in [0.3, 0.4) is 0 Å². The molecule has 0 N–H and O–H groups in total. The lowest BCUT2D eigenvalue weighted by Gasteiger charge is -2.22. The molecule has 2 aliphatic rings. The Balaban J connectivity index is 0.00000204. The molecule has 0 bridgehead atoms. The minimum absolute atomic E-state index is 0.157. The Hall–Kier alpha value is -1.69. The number of imide groups is 1. The van der Waals surface area contributed by atoms with Crippen LogP contribution in [0, 0.1) is 11.3 Å². The molecular formula is C23H38NO5. The summed E-state index contributed by atoms with van der Waals surface area (Å²) in [5, 5.41) is 0. The molecule has 1 aliphatic heterocycles. The topological polar surface area (TPSA) is 72.9 Å². The van der Waals surface area contributed by atoms with Gasteiger partial charge in [-0.3, -0.25) is 14.5 Å². The van der Waals surface area contributed by atoms with E-state index in [0.717, 1.165) is 29.7 Å². The van der Waals surface area contributed by atoms with Crippen molar-refractivity contribution >= 4 is 17.8 Å². The van der Waals surface area contributed by atoms with Gasteiger partial charge in [-0.15, -0.1) is 0 Å². The second-order valence-electron chi connectivity index (χ2n) is 8.28. The largest absolute Gasteiger partial charge is 0.467 e. The quantitative estimate of drug-likeness (QED) is 0.324. The smallest absolute Gasteiger partial charge is 0.329 e. The van der Waals surface area contributed by atoms with Gasteiger partial charge >= 0.3 is 5.97 Å². The molecule has 0 saturated carbocycles. The maximum absolute atomic E-state index is 12.9. The first-order valence-corrected chi connectivity index (χ1v) is 10.9. The minimum Gasteiger partial charge on any atom is -0.467 e. The number of unbranched alkanes of at least 4 members (excludes halogenated alkanes) is 4. The van der Waals surface area contributed by atoms with Crippen LogP contribution in [-0.2, 0) is 23.9 Å². The van der Waals surface area contributed by atoms with Crippen LogP contribution in [0.25, 0.3) is 0 Å². The first kappa shape index (κ1) is 25.3. The summed E-state index contributed by atoms with van der Waals surface area (Å²) in [6.07, 6.45) is 6.60. The molecule has 1 heterocycles. The van der Waals surface area contributed by atoms with E-state index in [4.69, 9.17) is 9.47 Å². The molecule has 1 aliphatic carbocycles. The van der Waals surface area contributed by atoms with Crippen molar-refractivity contribution in [2.75, 3.05) is 13.7 Å². The van der Waals surface area contributed by atoms with Crippen LogP contribution in [0.2, 0.25) is 0 Å². The fraction of sp³-hybridized carbons (Fsp3) is 0.739. The third kappa shape index (κ3) is 6.66. The van der Waals surface area contributed by atoms with E-state index < -0.39 is 29.9 Å². The second-order valence-corrected chi connectivity index (χ2v) is 8.28. The normalized spacial score (nSPS) is 21.4. The van der Waals surface area contributed by atoms with Crippen molar-refractivity contribution in [1.82, 2.24) is 4.90 Å². The van der Waals surface area contributed by atoms with Gasteiger partial charge in [0.1, 0.15) is 18.1 Å². The van der Waals surface area contributed by atoms with Crippen LogP contribution in [0.1, 0.15) is 80.1 Å². The zero-order valence-electron chi connectivity index (χ0n) is 19.2. The molecule has 6 nitrogen and oxygen atoms in total. The van der Waals surface area contributed by atoms with Crippen molar-refractivity contribution < 1.29 is 23.9 Å². The van der Waals surface area contributed by atoms with Gasteiger partial charge in [0.25, 0.3) is 5.91 Å². The number of rotatable bonds is 9. The van der Waals surface area contributed by atoms with E-state index in [-0.39, 0.29) is 11.8 Å². The number of carbonyl (C=O) groups excluding carboxylic acids is 3. The molecule has 2 amide bonds. The molecule has 2 unspecified atom stereocenters. The number of hydrogen-bond acceptors (Lipinski definition) is 5. The lowest BCUT2D eigenvalue weighted by molar-refractivity contribution is -0.155. The molecule has 0 aromatic rings. The number of amides is 2. The molecule has 29 heavy (non-hydrogen) atoms. The lowest BCUT2D eigenvalue weighted by Crippen LogP contribution is -2.45. The van der Waals surface area contributed by atoms with Gasteiger partial charge in [0.15, 0.2) is 0 Å². The van der Waals surface area contributed by atoms with Gasteiger partial charge < -0.3 is 9.47 Å². The van der Waals surface area contributed by atoms with Crippen LogP contribution in [0.4, 0.5) is 0 Å². The Bertz CT molecular complexity index is 605. The summed E-state index contributed by atoms with van der Waals surface area (Å²) in [4.78, 5) is 38.8. The molecule has 1 saturated heterocycles. The number of nitrogens with zero attached hydrogens (tertiary/aromatic N) is 1. The highest BCUT2D eigenvalue weighted by atomic mass is 16.5. The molecular weight excluding hydrogens is 370 g/mol. The monoisotopic (exact) mass is 408 g/mol. The Morgan fingerprint density at radius 1 is 1.14 bits per heavy atom. The van der Waals surface area contributed by atoms with Gasteiger partial charge in [-0.05, 0) is 17.4 Å². The highest BCUT2D eigenvalue weighted by molar-refractivity contribution is 6.14. The molecule has 2 atom stereocenters. The van der Waals surface area contributed by atoms with Crippen molar-refractivity contribution in [2.24, 2.45) is 5.41 Å². The predicted molar refractivity (Wildman–Crippen MR) is 113 cm³/mol. The molecule has 1 radical (unpaired) electrons. The Kier molecular flexibility index (Phi) is 10.0. The highest BCUT2D eigenvalue weighted by Gasteiger charge is 2.52. The van der Waals surface area contributed by atoms with Gasteiger partial charge in [-0.25, -0.2) is 4.79 Å². The van der Waals surface area contributed by atoms with E-state index in [1.54, 1.807) is 6.08 Å². The first-order valence-electron chi connectivity index (χ1n) is 10.9. The van der Waals surface area contributed by atoms with Crippen molar-refractivity contribution in [3.05, 3.63) is 17.6 Å². The Morgan fingerprint density at radius 2 is 1.76 bits per heavy atom. The summed E-state index contributed by atoms with van der Waals surface area (Å²) in [5.41, 5.74) is 0.757. The number of methoxy groups -OCH3 is 1. The van der Waals surface area contributed by atoms with Gasteiger partial charge in [0, 0.05) is 13.0 Å². The molecule has 6 heteroatoms. The van der Waals surface area contributed by atoms with Crippen LogP contribution in [-0.4, -0.2) is 48.5 Å². The second kappa shape index (κ2) is 11.5. The van der Waals surface area contributed by atoms with E-state index in [9.17, 15) is 14.4 Å². The summed E-state index contributed by atoms with van der Waals surface area (Å²) in [5.74, 6) is -0.923. The molecule has 0 aromatic heterocycles. The van der Waals surface area contributed by atoms with Gasteiger partial charge in [-0.1, -0.05) is 73.3 Å². The zero-order valence-corrected chi connectivity index (χ0v) is 19.2. The number of likely N-dealkylation sites (tertiary alicyclic amines) is 1. The molecule has 165 valence electrons. The maximum Gasteiger partial charge on any atom is 0.329 e. The van der Waals surface area contributed by atoms with Crippen molar-refractivity contribution in [3.63, 3.8) is 0 Å². The first-order chi connectivity index (χ1) is 13.7. The van der Waals surface area contributed by atoms with Crippen LogP contribution in [0.15, 0.2) is 11.6 Å². The number of esters is 1. The summed E-state index contributed by atoms with van der Waals surface area (Å²) >= 11 is 0. The van der Waals surface area contributed by atoms with Crippen molar-refractivity contribution in [3.8, 4) is 0 Å². The Labute approximate surface area is 176 Å². The van der Waals surface area contributed by atoms with E-state index in [2.05, 4.69) is 6.92 Å². The number of hydrogen-bond donors (Lipinski definition) is 0. The molecule has 2 rings (SSSR count). The van der Waals surface area contributed by atoms with Crippen molar-refractivity contribution in [1.29, 1.82) is 0 Å². The predicted octanol–water partition coefficient (Wildman–Crippen LogP) is 4.23. The van der Waals surface area contributed by atoms with Crippen molar-refractivity contribution in [2.45, 2.75) is 92.2 Å². The summed E-state index contributed by atoms with van der Waals surface area (Å²) in [6.45, 7) is 12.6. The third-order valence-corrected chi connectivity index (χ3v) is 5.05. The lowest BCUT2D eigenvalue weighted by atomic mass is 9.90. The highest BCUT2D eigenvalue weighted by Crippen LogP contribution is 2.46.